The second-order valence-corrected chi connectivity index (χ2v) is 4.72. The third-order valence-corrected chi connectivity index (χ3v) is 2.81. The Labute approximate surface area is 112 Å². The summed E-state index contributed by atoms with van der Waals surface area (Å²) in [6, 6.07) is 10.9. The van der Waals surface area contributed by atoms with Gasteiger partial charge in [-0.3, -0.25) is 0 Å². The summed E-state index contributed by atoms with van der Waals surface area (Å²) in [4.78, 5) is 4.01. The molecular formula is C11H8ClIN2O. The Morgan fingerprint density at radius 2 is 1.81 bits per heavy atom. The minimum absolute atomic E-state index is 0.328. The van der Waals surface area contributed by atoms with E-state index in [0.717, 1.165) is 3.57 Å². The van der Waals surface area contributed by atoms with Gasteiger partial charge in [-0.25, -0.2) is 0 Å². The lowest BCUT2D eigenvalue weighted by atomic mass is 10.3. The maximum Gasteiger partial charge on any atom is 0.244 e. The van der Waals surface area contributed by atoms with Crippen molar-refractivity contribution >= 4 is 39.9 Å². The monoisotopic (exact) mass is 346 g/mol. The number of benzene rings is 1. The maximum atomic E-state index is 5.76. The molecule has 0 aliphatic heterocycles. The van der Waals surface area contributed by atoms with Crippen LogP contribution in [0.25, 0.3) is 0 Å². The van der Waals surface area contributed by atoms with E-state index in [2.05, 4.69) is 27.6 Å². The van der Waals surface area contributed by atoms with Crippen molar-refractivity contribution < 1.29 is 4.74 Å². The molecule has 3 nitrogen and oxygen atoms in total. The second-order valence-electron chi connectivity index (χ2n) is 3.08. The van der Waals surface area contributed by atoms with Crippen molar-refractivity contribution in [3.8, 4) is 11.6 Å². The Morgan fingerprint density at radius 1 is 1.12 bits per heavy atom. The lowest BCUT2D eigenvalue weighted by Crippen LogP contribution is -1.94. The number of pyridine rings is 1. The summed E-state index contributed by atoms with van der Waals surface area (Å²) in [7, 11) is 0. The van der Waals surface area contributed by atoms with Crippen LogP contribution >= 0.6 is 34.2 Å². The van der Waals surface area contributed by atoms with E-state index in [4.69, 9.17) is 22.1 Å². The van der Waals surface area contributed by atoms with Gasteiger partial charge in [0.05, 0.1) is 5.69 Å². The minimum Gasteiger partial charge on any atom is -0.437 e. The first-order chi connectivity index (χ1) is 7.65. The summed E-state index contributed by atoms with van der Waals surface area (Å²) >= 11 is 7.98. The van der Waals surface area contributed by atoms with Crippen molar-refractivity contribution in [1.82, 2.24) is 4.98 Å². The third-order valence-electron chi connectivity index (χ3n) is 1.88. The molecule has 82 valence electrons. The molecule has 1 aromatic carbocycles. The topological polar surface area (TPSA) is 48.1 Å². The van der Waals surface area contributed by atoms with Crippen LogP contribution in [0.15, 0.2) is 36.4 Å². The molecule has 1 heterocycles. The molecule has 5 heteroatoms. The summed E-state index contributed by atoms with van der Waals surface area (Å²) in [5.74, 6) is 1.01. The zero-order chi connectivity index (χ0) is 11.5. The summed E-state index contributed by atoms with van der Waals surface area (Å²) in [5, 5.41) is 0.356. The minimum atomic E-state index is 0.328. The van der Waals surface area contributed by atoms with Gasteiger partial charge in [0.2, 0.25) is 5.88 Å². The third kappa shape index (κ3) is 2.76. The van der Waals surface area contributed by atoms with Gasteiger partial charge >= 0.3 is 0 Å². The van der Waals surface area contributed by atoms with E-state index in [1.54, 1.807) is 12.1 Å². The highest BCUT2D eigenvalue weighted by Gasteiger charge is 2.04. The van der Waals surface area contributed by atoms with Crippen LogP contribution in [0.4, 0.5) is 5.69 Å². The Morgan fingerprint density at radius 3 is 2.50 bits per heavy atom. The number of hydrogen-bond acceptors (Lipinski definition) is 3. The number of hydrogen-bond donors (Lipinski definition) is 1. The Hall–Kier alpha value is -1.01. The maximum absolute atomic E-state index is 5.76. The Kier molecular flexibility index (Phi) is 3.50. The molecule has 0 saturated heterocycles. The number of nitrogens with zero attached hydrogens (tertiary/aromatic N) is 1. The highest BCUT2D eigenvalue weighted by molar-refractivity contribution is 14.1. The molecule has 0 bridgehead atoms. The van der Waals surface area contributed by atoms with E-state index in [0.29, 0.717) is 22.5 Å². The van der Waals surface area contributed by atoms with Crippen LogP contribution < -0.4 is 10.5 Å². The molecule has 2 aromatic rings. The molecule has 0 amide bonds. The van der Waals surface area contributed by atoms with Crippen LogP contribution in [0.2, 0.25) is 5.15 Å². The smallest absolute Gasteiger partial charge is 0.244 e. The summed E-state index contributed by atoms with van der Waals surface area (Å²) in [6.07, 6.45) is 0. The van der Waals surface area contributed by atoms with Crippen LogP contribution in [0.3, 0.4) is 0 Å². The number of anilines is 1. The fraction of sp³-hybridized carbons (Fsp3) is 0. The predicted octanol–water partition coefficient (Wildman–Crippen LogP) is 3.71. The van der Waals surface area contributed by atoms with Crippen molar-refractivity contribution in [3.05, 3.63) is 45.1 Å². The van der Waals surface area contributed by atoms with Crippen molar-refractivity contribution in [1.29, 1.82) is 0 Å². The predicted molar refractivity (Wildman–Crippen MR) is 72.9 cm³/mol. The molecule has 2 N–H and O–H groups in total. The number of rotatable bonds is 2. The quantitative estimate of drug-likeness (QED) is 0.666. The van der Waals surface area contributed by atoms with Crippen LogP contribution in [-0.2, 0) is 0 Å². The number of ether oxygens (including phenoxy) is 1. The molecular weight excluding hydrogens is 338 g/mol. The number of nitrogen functional groups attached to an aromatic ring is 1. The van der Waals surface area contributed by atoms with Crippen molar-refractivity contribution in [2.24, 2.45) is 0 Å². The molecule has 16 heavy (non-hydrogen) atoms. The van der Waals surface area contributed by atoms with E-state index in [1.807, 2.05) is 24.3 Å². The summed E-state index contributed by atoms with van der Waals surface area (Å²) < 4.78 is 6.66. The first-order valence-electron chi connectivity index (χ1n) is 4.50. The summed E-state index contributed by atoms with van der Waals surface area (Å²) in [6.45, 7) is 0. The van der Waals surface area contributed by atoms with Crippen LogP contribution in [0.1, 0.15) is 0 Å². The van der Waals surface area contributed by atoms with Gasteiger partial charge < -0.3 is 10.5 Å². The highest BCUT2D eigenvalue weighted by Crippen LogP contribution is 2.26. The summed E-state index contributed by atoms with van der Waals surface area (Å²) in [5.41, 5.74) is 6.18. The first kappa shape index (κ1) is 11.5. The number of halogens is 2. The molecule has 0 saturated carbocycles. The van der Waals surface area contributed by atoms with Gasteiger partial charge in [0.25, 0.3) is 0 Å². The largest absolute Gasteiger partial charge is 0.437 e. The molecule has 0 spiro atoms. The van der Waals surface area contributed by atoms with Crippen LogP contribution in [0.5, 0.6) is 11.6 Å². The first-order valence-corrected chi connectivity index (χ1v) is 5.96. The molecule has 1 aromatic heterocycles. The van der Waals surface area contributed by atoms with Gasteiger partial charge in [-0.1, -0.05) is 11.6 Å². The van der Waals surface area contributed by atoms with Crippen LogP contribution in [-0.4, -0.2) is 4.98 Å². The molecule has 0 atom stereocenters. The van der Waals surface area contributed by atoms with Gasteiger partial charge in [0, 0.05) is 3.57 Å². The lowest BCUT2D eigenvalue weighted by molar-refractivity contribution is 0.465. The van der Waals surface area contributed by atoms with Gasteiger partial charge in [-0.05, 0) is 59.0 Å². The van der Waals surface area contributed by atoms with E-state index >= 15 is 0 Å². The highest BCUT2D eigenvalue weighted by atomic mass is 127. The van der Waals surface area contributed by atoms with E-state index in [1.165, 1.54) is 0 Å². The van der Waals surface area contributed by atoms with Gasteiger partial charge in [-0.15, -0.1) is 0 Å². The molecule has 0 unspecified atom stereocenters. The number of aromatic nitrogens is 1. The Bertz CT molecular complexity index is 502. The van der Waals surface area contributed by atoms with Crippen molar-refractivity contribution in [2.45, 2.75) is 0 Å². The molecule has 0 aliphatic rings. The lowest BCUT2D eigenvalue weighted by Gasteiger charge is -2.07. The van der Waals surface area contributed by atoms with Crippen molar-refractivity contribution in [3.63, 3.8) is 0 Å². The van der Waals surface area contributed by atoms with Crippen LogP contribution in [0, 0.1) is 3.57 Å². The fourth-order valence-electron chi connectivity index (χ4n) is 1.12. The number of nitrogens with two attached hydrogens (primary N) is 1. The average Bonchev–Trinajstić information content (AvgIpc) is 2.27. The molecule has 0 radical (unpaired) electrons. The van der Waals surface area contributed by atoms with E-state index in [-0.39, 0.29) is 0 Å². The molecule has 0 aliphatic carbocycles. The van der Waals surface area contributed by atoms with Gasteiger partial charge in [0.15, 0.2) is 0 Å². The Balaban J connectivity index is 2.26. The zero-order valence-electron chi connectivity index (χ0n) is 8.15. The van der Waals surface area contributed by atoms with E-state index in [9.17, 15) is 0 Å². The van der Waals surface area contributed by atoms with E-state index < -0.39 is 0 Å². The average molecular weight is 347 g/mol. The standard InChI is InChI=1S/C11H8ClIN2O/c12-10-6-5-9(14)11(15-10)16-8-3-1-7(13)2-4-8/h1-6H,14H2. The van der Waals surface area contributed by atoms with Gasteiger partial charge in [0.1, 0.15) is 10.9 Å². The molecule has 2 rings (SSSR count). The van der Waals surface area contributed by atoms with Gasteiger partial charge in [-0.2, -0.15) is 4.98 Å². The molecule has 0 fully saturated rings. The normalized spacial score (nSPS) is 10.1. The SMILES string of the molecule is Nc1ccc(Cl)nc1Oc1ccc(I)cc1. The second kappa shape index (κ2) is 4.88. The zero-order valence-corrected chi connectivity index (χ0v) is 11.1. The van der Waals surface area contributed by atoms with Crippen molar-refractivity contribution in [2.75, 3.05) is 5.73 Å². The fourth-order valence-corrected chi connectivity index (χ4v) is 1.62.